The third-order valence-electron chi connectivity index (χ3n) is 5.32. The minimum Gasteiger partial charge on any atom is -0.351 e. The molecule has 0 spiro atoms. The van der Waals surface area contributed by atoms with E-state index in [1.807, 2.05) is 65.7 Å². The van der Waals surface area contributed by atoms with Crippen molar-refractivity contribution in [3.8, 4) is 5.69 Å². The van der Waals surface area contributed by atoms with Crippen LogP contribution >= 0.6 is 12.2 Å². The maximum absolute atomic E-state index is 14.8. The van der Waals surface area contributed by atoms with E-state index in [1.54, 1.807) is 18.3 Å². The van der Waals surface area contributed by atoms with Crippen molar-refractivity contribution in [2.24, 2.45) is 0 Å². The van der Waals surface area contributed by atoms with Crippen LogP contribution in [0.25, 0.3) is 5.69 Å². The maximum atomic E-state index is 14.8. The van der Waals surface area contributed by atoms with Crippen molar-refractivity contribution >= 4 is 23.0 Å². The van der Waals surface area contributed by atoms with Crippen molar-refractivity contribution in [1.82, 2.24) is 14.9 Å². The molecule has 4 nitrogen and oxygen atoms in total. The van der Waals surface area contributed by atoms with E-state index in [-0.39, 0.29) is 17.9 Å². The zero-order chi connectivity index (χ0) is 20.5. The van der Waals surface area contributed by atoms with Crippen LogP contribution in [-0.4, -0.2) is 14.7 Å². The molecule has 0 aliphatic carbocycles. The number of thiocarbonyl (C=S) groups is 1. The summed E-state index contributed by atoms with van der Waals surface area (Å²) in [7, 11) is 0. The second-order valence-electron chi connectivity index (χ2n) is 7.14. The van der Waals surface area contributed by atoms with Gasteiger partial charge < -0.3 is 14.8 Å². The summed E-state index contributed by atoms with van der Waals surface area (Å²) in [5, 5.41) is 3.84. The van der Waals surface area contributed by atoms with Gasteiger partial charge in [0, 0.05) is 24.3 Å². The van der Waals surface area contributed by atoms with E-state index in [0.29, 0.717) is 10.8 Å². The summed E-state index contributed by atoms with van der Waals surface area (Å²) < 4.78 is 16.8. The molecule has 3 heterocycles. The number of rotatable bonds is 4. The minimum atomic E-state index is -0.309. The third-order valence-corrected chi connectivity index (χ3v) is 5.64. The van der Waals surface area contributed by atoms with Gasteiger partial charge in [-0.1, -0.05) is 36.4 Å². The van der Waals surface area contributed by atoms with Crippen molar-refractivity contribution < 1.29 is 4.39 Å². The van der Waals surface area contributed by atoms with Gasteiger partial charge in [0.2, 0.25) is 0 Å². The fraction of sp³-hybridized carbons (Fsp3) is 0.0833. The first-order chi connectivity index (χ1) is 14.7. The fourth-order valence-corrected chi connectivity index (χ4v) is 4.29. The first-order valence-electron chi connectivity index (χ1n) is 9.71. The zero-order valence-corrected chi connectivity index (χ0v) is 16.8. The molecule has 0 saturated carbocycles. The molecule has 2 aromatic heterocycles. The molecule has 30 heavy (non-hydrogen) atoms. The Balaban J connectivity index is 1.62. The highest BCUT2D eigenvalue weighted by Gasteiger charge is 2.41. The Morgan fingerprint density at radius 2 is 1.67 bits per heavy atom. The Bertz CT molecular complexity index is 1180. The van der Waals surface area contributed by atoms with Crippen LogP contribution in [0.4, 0.5) is 10.1 Å². The van der Waals surface area contributed by atoms with Crippen molar-refractivity contribution in [1.29, 1.82) is 0 Å². The SMILES string of the molecule is Fc1ccccc1N1C(=S)N[C@@H](c2ccccn2)[C@@H]1c1ccn(-c2ccccc2)c1. The number of hydrogen-bond donors (Lipinski definition) is 1. The van der Waals surface area contributed by atoms with Gasteiger partial charge >= 0.3 is 0 Å². The molecule has 2 aromatic carbocycles. The Morgan fingerprint density at radius 1 is 0.900 bits per heavy atom. The van der Waals surface area contributed by atoms with Gasteiger partial charge in [-0.15, -0.1) is 0 Å². The summed E-state index contributed by atoms with van der Waals surface area (Å²) in [4.78, 5) is 6.39. The fourth-order valence-electron chi connectivity index (χ4n) is 3.95. The van der Waals surface area contributed by atoms with Crippen LogP contribution in [0.2, 0.25) is 0 Å². The number of nitrogens with zero attached hydrogens (tertiary/aromatic N) is 3. The number of para-hydroxylation sites is 2. The van der Waals surface area contributed by atoms with Crippen LogP contribution in [0.5, 0.6) is 0 Å². The molecule has 1 aliphatic rings. The first kappa shape index (κ1) is 18.5. The number of anilines is 1. The van der Waals surface area contributed by atoms with Crippen LogP contribution in [-0.2, 0) is 0 Å². The molecule has 4 aromatic rings. The smallest absolute Gasteiger partial charge is 0.174 e. The molecular formula is C24H19FN4S. The van der Waals surface area contributed by atoms with Crippen LogP contribution in [0, 0.1) is 5.82 Å². The van der Waals surface area contributed by atoms with E-state index in [4.69, 9.17) is 12.2 Å². The Labute approximate surface area is 179 Å². The van der Waals surface area contributed by atoms with E-state index < -0.39 is 0 Å². The molecular weight excluding hydrogens is 395 g/mol. The molecule has 1 aliphatic heterocycles. The van der Waals surface area contributed by atoms with Crippen LogP contribution in [0.3, 0.4) is 0 Å². The van der Waals surface area contributed by atoms with Crippen LogP contribution in [0.1, 0.15) is 23.3 Å². The molecule has 148 valence electrons. The maximum Gasteiger partial charge on any atom is 0.174 e. The minimum absolute atomic E-state index is 0.204. The Hall–Kier alpha value is -3.51. The van der Waals surface area contributed by atoms with E-state index in [0.717, 1.165) is 16.9 Å². The van der Waals surface area contributed by atoms with Gasteiger partial charge in [0.25, 0.3) is 0 Å². The van der Waals surface area contributed by atoms with Crippen molar-refractivity contribution in [2.45, 2.75) is 12.1 Å². The summed E-state index contributed by atoms with van der Waals surface area (Å²) >= 11 is 5.65. The zero-order valence-electron chi connectivity index (χ0n) is 16.0. The second kappa shape index (κ2) is 7.72. The summed E-state index contributed by atoms with van der Waals surface area (Å²) in [5.74, 6) is -0.309. The average molecular weight is 415 g/mol. The summed E-state index contributed by atoms with van der Waals surface area (Å²) in [6.45, 7) is 0. The summed E-state index contributed by atoms with van der Waals surface area (Å²) in [6, 6.07) is 24.2. The monoisotopic (exact) mass is 414 g/mol. The van der Waals surface area contributed by atoms with Crippen molar-refractivity contribution in [3.05, 3.63) is 115 Å². The van der Waals surface area contributed by atoms with E-state index in [2.05, 4.69) is 27.1 Å². The van der Waals surface area contributed by atoms with Gasteiger partial charge in [0.15, 0.2) is 5.11 Å². The summed E-state index contributed by atoms with van der Waals surface area (Å²) in [6.07, 6.45) is 5.85. The molecule has 0 amide bonds. The van der Waals surface area contributed by atoms with Gasteiger partial charge in [0.05, 0.1) is 23.5 Å². The molecule has 2 atom stereocenters. The molecule has 0 radical (unpaired) electrons. The molecule has 1 N–H and O–H groups in total. The normalized spacial score (nSPS) is 18.4. The highest BCUT2D eigenvalue weighted by atomic mass is 32.1. The number of benzene rings is 2. The van der Waals surface area contributed by atoms with Gasteiger partial charge in [-0.05, 0) is 60.2 Å². The lowest BCUT2D eigenvalue weighted by Crippen LogP contribution is -2.30. The first-order valence-corrected chi connectivity index (χ1v) is 10.1. The van der Waals surface area contributed by atoms with Gasteiger partial charge in [-0.25, -0.2) is 4.39 Å². The predicted octanol–water partition coefficient (Wildman–Crippen LogP) is 5.19. The topological polar surface area (TPSA) is 33.1 Å². The highest BCUT2D eigenvalue weighted by molar-refractivity contribution is 7.80. The number of nitrogens with one attached hydrogen (secondary N) is 1. The Morgan fingerprint density at radius 3 is 2.43 bits per heavy atom. The van der Waals surface area contributed by atoms with E-state index in [9.17, 15) is 4.39 Å². The third kappa shape index (κ3) is 3.25. The molecule has 0 unspecified atom stereocenters. The predicted molar refractivity (Wildman–Crippen MR) is 120 cm³/mol. The van der Waals surface area contributed by atoms with Crippen LogP contribution in [0.15, 0.2) is 97.5 Å². The molecule has 0 bridgehead atoms. The summed E-state index contributed by atoms with van der Waals surface area (Å²) in [5.41, 5.74) is 3.39. The molecule has 1 saturated heterocycles. The van der Waals surface area contributed by atoms with Gasteiger partial charge in [-0.3, -0.25) is 4.98 Å². The van der Waals surface area contributed by atoms with Crippen LogP contribution < -0.4 is 10.2 Å². The standard InChI is InChI=1S/C24H19FN4S/c25-19-10-4-5-12-21(19)29-23(22(27-24(29)30)20-11-6-7-14-26-20)17-13-15-28(16-17)18-8-2-1-3-9-18/h1-16,22-23H,(H,27,30)/t22-,23-/m0/s1. The Kier molecular flexibility index (Phi) is 4.77. The number of hydrogen-bond acceptors (Lipinski definition) is 2. The second-order valence-corrected chi connectivity index (χ2v) is 7.52. The van der Waals surface area contributed by atoms with Gasteiger partial charge in [0.1, 0.15) is 5.82 Å². The van der Waals surface area contributed by atoms with E-state index >= 15 is 0 Å². The largest absolute Gasteiger partial charge is 0.351 e. The quantitative estimate of drug-likeness (QED) is 0.466. The molecule has 1 fully saturated rings. The van der Waals surface area contributed by atoms with Gasteiger partial charge in [-0.2, -0.15) is 0 Å². The lowest BCUT2D eigenvalue weighted by molar-refractivity contribution is 0.558. The highest BCUT2D eigenvalue weighted by Crippen LogP contribution is 2.42. The lowest BCUT2D eigenvalue weighted by Gasteiger charge is -2.27. The average Bonchev–Trinajstić information content (AvgIpc) is 3.40. The number of halogens is 1. The number of pyridine rings is 1. The number of aromatic nitrogens is 2. The van der Waals surface area contributed by atoms with Crippen molar-refractivity contribution in [2.75, 3.05) is 4.90 Å². The molecule has 6 heteroatoms. The molecule has 5 rings (SSSR count). The lowest BCUT2D eigenvalue weighted by atomic mass is 9.98. The van der Waals surface area contributed by atoms with E-state index in [1.165, 1.54) is 6.07 Å². The van der Waals surface area contributed by atoms with Crippen molar-refractivity contribution in [3.63, 3.8) is 0 Å².